The Hall–Kier alpha value is -2.10. The largest absolute Gasteiger partial charge is 0.376 e. The van der Waals surface area contributed by atoms with Gasteiger partial charge < -0.3 is 10.2 Å². The molecular weight excluding hydrogens is 248 g/mol. The number of anilines is 2. The van der Waals surface area contributed by atoms with Crippen LogP contribution in [0.5, 0.6) is 0 Å². The van der Waals surface area contributed by atoms with Gasteiger partial charge in [-0.3, -0.25) is 4.98 Å². The van der Waals surface area contributed by atoms with Crippen LogP contribution < -0.4 is 10.2 Å². The minimum atomic E-state index is 0.239. The normalized spacial score (nSPS) is 16.1. The molecule has 4 heteroatoms. The summed E-state index contributed by atoms with van der Waals surface area (Å²) in [5.41, 5.74) is 2.34. The van der Waals surface area contributed by atoms with E-state index in [2.05, 4.69) is 33.2 Å². The van der Waals surface area contributed by atoms with Crippen LogP contribution in [0.2, 0.25) is 0 Å². The second-order valence-corrected chi connectivity index (χ2v) is 5.22. The van der Waals surface area contributed by atoms with Gasteiger partial charge in [-0.05, 0) is 49.6 Å². The molecule has 3 heterocycles. The van der Waals surface area contributed by atoms with Crippen molar-refractivity contribution in [2.45, 2.75) is 25.8 Å². The van der Waals surface area contributed by atoms with E-state index in [4.69, 9.17) is 0 Å². The number of hydrogen-bond donors (Lipinski definition) is 1. The van der Waals surface area contributed by atoms with Gasteiger partial charge in [0.1, 0.15) is 0 Å². The lowest BCUT2D eigenvalue weighted by Gasteiger charge is -2.23. The summed E-state index contributed by atoms with van der Waals surface area (Å²) in [6.07, 6.45) is 8.05. The van der Waals surface area contributed by atoms with E-state index in [9.17, 15) is 0 Å². The van der Waals surface area contributed by atoms with Gasteiger partial charge in [0.25, 0.3) is 0 Å². The van der Waals surface area contributed by atoms with Gasteiger partial charge in [0.05, 0.1) is 5.69 Å². The lowest BCUT2D eigenvalue weighted by molar-refractivity contribution is 0.868. The fourth-order valence-electron chi connectivity index (χ4n) is 2.66. The van der Waals surface area contributed by atoms with Crippen LogP contribution in [0.25, 0.3) is 0 Å². The van der Waals surface area contributed by atoms with E-state index in [-0.39, 0.29) is 6.04 Å². The molecule has 1 aliphatic heterocycles. The van der Waals surface area contributed by atoms with Gasteiger partial charge in [-0.15, -0.1) is 0 Å². The van der Waals surface area contributed by atoms with E-state index in [1.54, 1.807) is 0 Å². The number of aromatic nitrogens is 2. The third kappa shape index (κ3) is 2.74. The zero-order valence-corrected chi connectivity index (χ0v) is 11.8. The second kappa shape index (κ2) is 5.90. The molecule has 1 aliphatic rings. The van der Waals surface area contributed by atoms with Gasteiger partial charge in [-0.2, -0.15) is 0 Å². The molecule has 0 bridgehead atoms. The smallest absolute Gasteiger partial charge is 0.151 e. The SMILES string of the molecule is CC(Nc1cccnc1N1CCCC1)c1ccncc1. The van der Waals surface area contributed by atoms with Gasteiger partial charge in [0.2, 0.25) is 0 Å². The van der Waals surface area contributed by atoms with Crippen LogP contribution >= 0.6 is 0 Å². The summed E-state index contributed by atoms with van der Waals surface area (Å²) in [5.74, 6) is 1.07. The molecule has 4 nitrogen and oxygen atoms in total. The molecule has 0 spiro atoms. The average molecular weight is 268 g/mol. The molecule has 0 saturated carbocycles. The van der Waals surface area contributed by atoms with Crippen molar-refractivity contribution in [2.75, 3.05) is 23.3 Å². The molecule has 104 valence electrons. The van der Waals surface area contributed by atoms with Crippen molar-refractivity contribution in [2.24, 2.45) is 0 Å². The quantitative estimate of drug-likeness (QED) is 0.924. The maximum Gasteiger partial charge on any atom is 0.151 e. The number of nitrogens with one attached hydrogen (secondary N) is 1. The Morgan fingerprint density at radius 1 is 1.10 bits per heavy atom. The van der Waals surface area contributed by atoms with E-state index in [0.29, 0.717) is 0 Å². The van der Waals surface area contributed by atoms with Crippen molar-refractivity contribution in [3.8, 4) is 0 Å². The molecule has 0 aromatic carbocycles. The number of nitrogens with zero attached hydrogens (tertiary/aromatic N) is 3. The van der Waals surface area contributed by atoms with Crippen LogP contribution in [0.3, 0.4) is 0 Å². The summed E-state index contributed by atoms with van der Waals surface area (Å²) in [4.78, 5) is 11.0. The molecule has 1 unspecified atom stereocenters. The summed E-state index contributed by atoms with van der Waals surface area (Å²) < 4.78 is 0. The highest BCUT2D eigenvalue weighted by molar-refractivity contribution is 5.66. The van der Waals surface area contributed by atoms with E-state index >= 15 is 0 Å². The van der Waals surface area contributed by atoms with Gasteiger partial charge >= 0.3 is 0 Å². The minimum Gasteiger partial charge on any atom is -0.376 e. The lowest BCUT2D eigenvalue weighted by Crippen LogP contribution is -2.21. The van der Waals surface area contributed by atoms with Crippen molar-refractivity contribution in [3.63, 3.8) is 0 Å². The van der Waals surface area contributed by atoms with Gasteiger partial charge in [0.15, 0.2) is 5.82 Å². The molecular formula is C16H20N4. The van der Waals surface area contributed by atoms with E-state index in [1.807, 2.05) is 36.8 Å². The topological polar surface area (TPSA) is 41.1 Å². The Labute approximate surface area is 119 Å². The summed E-state index contributed by atoms with van der Waals surface area (Å²) in [5, 5.41) is 3.57. The highest BCUT2D eigenvalue weighted by Crippen LogP contribution is 2.29. The van der Waals surface area contributed by atoms with Gasteiger partial charge in [0, 0.05) is 37.7 Å². The summed E-state index contributed by atoms with van der Waals surface area (Å²) in [6.45, 7) is 4.38. The van der Waals surface area contributed by atoms with Crippen molar-refractivity contribution in [1.82, 2.24) is 9.97 Å². The van der Waals surface area contributed by atoms with Crippen molar-refractivity contribution in [1.29, 1.82) is 0 Å². The predicted molar refractivity (Wildman–Crippen MR) is 82.0 cm³/mol. The number of hydrogen-bond acceptors (Lipinski definition) is 4. The maximum atomic E-state index is 4.56. The minimum absolute atomic E-state index is 0.239. The Kier molecular flexibility index (Phi) is 3.81. The third-order valence-corrected chi connectivity index (χ3v) is 3.77. The van der Waals surface area contributed by atoms with Crippen LogP contribution in [0, 0.1) is 0 Å². The molecule has 2 aromatic heterocycles. The summed E-state index contributed by atoms with van der Waals surface area (Å²) >= 11 is 0. The monoisotopic (exact) mass is 268 g/mol. The van der Waals surface area contributed by atoms with Crippen molar-refractivity contribution < 1.29 is 0 Å². The lowest BCUT2D eigenvalue weighted by atomic mass is 10.1. The first-order chi connectivity index (χ1) is 9.84. The average Bonchev–Trinajstić information content (AvgIpc) is 3.03. The standard InChI is InChI=1S/C16H20N4/c1-13(14-6-9-17-10-7-14)19-15-5-4-8-18-16(15)20-11-2-3-12-20/h4-10,13,19H,2-3,11-12H2,1H3. The highest BCUT2D eigenvalue weighted by atomic mass is 15.2. The molecule has 1 saturated heterocycles. The van der Waals surface area contributed by atoms with Gasteiger partial charge in [-0.25, -0.2) is 4.98 Å². The molecule has 3 rings (SSSR count). The predicted octanol–water partition coefficient (Wildman–Crippen LogP) is 3.25. The Morgan fingerprint density at radius 3 is 2.60 bits per heavy atom. The summed E-state index contributed by atoms with van der Waals surface area (Å²) in [7, 11) is 0. The first-order valence-corrected chi connectivity index (χ1v) is 7.21. The van der Waals surface area contributed by atoms with Crippen LogP contribution in [0.15, 0.2) is 42.9 Å². The number of rotatable bonds is 4. The first-order valence-electron chi connectivity index (χ1n) is 7.21. The Bertz CT molecular complexity index is 549. The van der Waals surface area contributed by atoms with E-state index in [1.165, 1.54) is 18.4 Å². The van der Waals surface area contributed by atoms with Crippen molar-refractivity contribution >= 4 is 11.5 Å². The van der Waals surface area contributed by atoms with E-state index < -0.39 is 0 Å². The van der Waals surface area contributed by atoms with Crippen LogP contribution in [-0.2, 0) is 0 Å². The highest BCUT2D eigenvalue weighted by Gasteiger charge is 2.17. The Morgan fingerprint density at radius 2 is 1.85 bits per heavy atom. The molecule has 0 aliphatic carbocycles. The van der Waals surface area contributed by atoms with Crippen LogP contribution in [-0.4, -0.2) is 23.1 Å². The van der Waals surface area contributed by atoms with Crippen LogP contribution in [0.1, 0.15) is 31.4 Å². The fourth-order valence-corrected chi connectivity index (χ4v) is 2.66. The molecule has 20 heavy (non-hydrogen) atoms. The molecule has 1 fully saturated rings. The molecule has 0 amide bonds. The Balaban J connectivity index is 1.80. The molecule has 1 N–H and O–H groups in total. The van der Waals surface area contributed by atoms with Crippen LogP contribution in [0.4, 0.5) is 11.5 Å². The van der Waals surface area contributed by atoms with E-state index in [0.717, 1.165) is 24.6 Å². The zero-order valence-electron chi connectivity index (χ0n) is 11.8. The third-order valence-electron chi connectivity index (χ3n) is 3.77. The second-order valence-electron chi connectivity index (χ2n) is 5.22. The molecule has 0 radical (unpaired) electrons. The van der Waals surface area contributed by atoms with Crippen molar-refractivity contribution in [3.05, 3.63) is 48.4 Å². The zero-order chi connectivity index (χ0) is 13.8. The van der Waals surface area contributed by atoms with Gasteiger partial charge in [-0.1, -0.05) is 0 Å². The number of pyridine rings is 2. The fraction of sp³-hybridized carbons (Fsp3) is 0.375. The summed E-state index contributed by atoms with van der Waals surface area (Å²) in [6, 6.07) is 8.43. The molecule has 1 atom stereocenters. The first kappa shape index (κ1) is 12.9. The maximum absolute atomic E-state index is 4.56. The molecule has 2 aromatic rings.